The van der Waals surface area contributed by atoms with Crippen molar-refractivity contribution in [1.82, 2.24) is 0 Å². The molecule has 1 heterocycles. The first kappa shape index (κ1) is 23.5. The van der Waals surface area contributed by atoms with Gasteiger partial charge in [-0.2, -0.15) is 5.26 Å². The second-order valence-corrected chi connectivity index (χ2v) is 9.33. The average molecular weight is 475 g/mol. The van der Waals surface area contributed by atoms with Gasteiger partial charge in [0, 0.05) is 11.3 Å². The Labute approximate surface area is 203 Å². The van der Waals surface area contributed by atoms with Gasteiger partial charge in [-0.05, 0) is 49.9 Å². The first-order valence-electron chi connectivity index (χ1n) is 11.3. The number of fused-ring (bicyclic) bond motifs is 1. The van der Waals surface area contributed by atoms with Crippen LogP contribution in [-0.2, 0) is 27.8 Å². The summed E-state index contributed by atoms with van der Waals surface area (Å²) in [4.78, 5) is 26.7. The van der Waals surface area contributed by atoms with Crippen LogP contribution in [0.15, 0.2) is 60.7 Å². The third-order valence-electron chi connectivity index (χ3n) is 6.04. The largest absolute Gasteiger partial charge is 0.481 e. The second kappa shape index (κ2) is 10.1. The minimum absolute atomic E-state index is 0.233. The lowest BCUT2D eigenvalue weighted by Gasteiger charge is -2.31. The van der Waals surface area contributed by atoms with E-state index in [0.717, 1.165) is 16.0 Å². The van der Waals surface area contributed by atoms with E-state index < -0.39 is 17.5 Å². The number of carbonyl (C=O) groups is 2. The Morgan fingerprint density at radius 2 is 1.82 bits per heavy atom. The molecule has 0 fully saturated rings. The van der Waals surface area contributed by atoms with Crippen LogP contribution in [0.1, 0.15) is 46.6 Å². The highest BCUT2D eigenvalue weighted by molar-refractivity contribution is 7.17. The number of rotatable bonds is 7. The second-order valence-electron chi connectivity index (χ2n) is 8.23. The number of para-hydroxylation sites is 1. The van der Waals surface area contributed by atoms with Crippen molar-refractivity contribution in [2.45, 2.75) is 44.6 Å². The minimum atomic E-state index is -0.765. The lowest BCUT2D eigenvalue weighted by atomic mass is 9.70. The van der Waals surface area contributed by atoms with Gasteiger partial charge in [0.2, 0.25) is 0 Å². The van der Waals surface area contributed by atoms with Gasteiger partial charge in [0.25, 0.3) is 5.91 Å². The van der Waals surface area contributed by atoms with E-state index in [9.17, 15) is 14.9 Å². The van der Waals surface area contributed by atoms with Crippen molar-refractivity contribution in [2.24, 2.45) is 0 Å². The summed E-state index contributed by atoms with van der Waals surface area (Å²) in [6.07, 6.45) is 0.851. The fourth-order valence-electron chi connectivity index (χ4n) is 4.26. The van der Waals surface area contributed by atoms with Crippen LogP contribution in [0.5, 0.6) is 5.75 Å². The molecule has 1 amide bonds. The highest BCUT2D eigenvalue weighted by Crippen LogP contribution is 2.45. The number of amides is 1. The summed E-state index contributed by atoms with van der Waals surface area (Å²) >= 11 is 1.34. The van der Waals surface area contributed by atoms with Gasteiger partial charge in [0.15, 0.2) is 6.10 Å². The highest BCUT2D eigenvalue weighted by atomic mass is 32.1. The summed E-state index contributed by atoms with van der Waals surface area (Å²) in [5.41, 5.74) is 1.54. The van der Waals surface area contributed by atoms with Gasteiger partial charge in [-0.1, -0.05) is 48.5 Å². The molecule has 0 unspecified atom stereocenters. The Balaban J connectivity index is 1.63. The van der Waals surface area contributed by atoms with Gasteiger partial charge >= 0.3 is 5.97 Å². The molecular formula is C27H26N2O4S. The monoisotopic (exact) mass is 474 g/mol. The highest BCUT2D eigenvalue weighted by Gasteiger charge is 2.40. The Bertz CT molecular complexity index is 1220. The number of nitrogens with one attached hydrogen (secondary N) is 1. The van der Waals surface area contributed by atoms with Crippen molar-refractivity contribution in [3.8, 4) is 11.8 Å². The van der Waals surface area contributed by atoms with Crippen LogP contribution in [-0.4, -0.2) is 24.6 Å². The molecule has 6 nitrogen and oxygen atoms in total. The zero-order valence-corrected chi connectivity index (χ0v) is 20.0. The summed E-state index contributed by atoms with van der Waals surface area (Å²) < 4.78 is 11.1. The molecule has 2 atom stereocenters. The quantitative estimate of drug-likeness (QED) is 0.471. The zero-order valence-electron chi connectivity index (χ0n) is 19.2. The van der Waals surface area contributed by atoms with E-state index in [1.165, 1.54) is 11.3 Å². The first-order chi connectivity index (χ1) is 16.5. The molecule has 1 aromatic heterocycles. The van der Waals surface area contributed by atoms with Crippen LogP contribution in [0.4, 0.5) is 5.00 Å². The number of esters is 1. The molecule has 0 spiro atoms. The summed E-state index contributed by atoms with van der Waals surface area (Å²) in [7, 11) is 0. The molecule has 4 rings (SSSR count). The third-order valence-corrected chi connectivity index (χ3v) is 7.18. The topological polar surface area (TPSA) is 88.4 Å². The Morgan fingerprint density at radius 1 is 1.15 bits per heavy atom. The Kier molecular flexibility index (Phi) is 6.99. The van der Waals surface area contributed by atoms with E-state index in [1.807, 2.05) is 48.5 Å². The van der Waals surface area contributed by atoms with Crippen molar-refractivity contribution < 1.29 is 19.1 Å². The van der Waals surface area contributed by atoms with E-state index in [-0.39, 0.29) is 12.5 Å². The number of thiophene rings is 1. The normalized spacial score (nSPS) is 17.7. The molecule has 174 valence electrons. The van der Waals surface area contributed by atoms with Crippen molar-refractivity contribution in [3.63, 3.8) is 0 Å². The molecule has 0 bridgehead atoms. The molecule has 3 aromatic rings. The van der Waals surface area contributed by atoms with Gasteiger partial charge in [-0.3, -0.25) is 4.79 Å². The van der Waals surface area contributed by atoms with Crippen molar-refractivity contribution in [3.05, 3.63) is 82.2 Å². The number of hydrogen-bond donors (Lipinski definition) is 1. The SMILES string of the molecule is CCOC(=O)c1c(NC(=O)[C@@H](C)Oc2ccccc2)sc2c1CC[C@](C#N)(c1ccccc1)C2. The van der Waals surface area contributed by atoms with Gasteiger partial charge in [-0.15, -0.1) is 11.3 Å². The van der Waals surface area contributed by atoms with E-state index in [0.29, 0.717) is 35.6 Å². The molecular weight excluding hydrogens is 448 g/mol. The predicted molar refractivity (Wildman–Crippen MR) is 131 cm³/mol. The Hall–Kier alpha value is -3.63. The van der Waals surface area contributed by atoms with Gasteiger partial charge in [0.1, 0.15) is 10.8 Å². The van der Waals surface area contributed by atoms with Crippen molar-refractivity contribution in [2.75, 3.05) is 11.9 Å². The molecule has 1 aliphatic carbocycles. The molecule has 1 aliphatic rings. The lowest BCUT2D eigenvalue weighted by Crippen LogP contribution is -2.31. The van der Waals surface area contributed by atoms with E-state index in [4.69, 9.17) is 9.47 Å². The van der Waals surface area contributed by atoms with Crippen molar-refractivity contribution in [1.29, 1.82) is 5.26 Å². The number of hydrogen-bond acceptors (Lipinski definition) is 6. The van der Waals surface area contributed by atoms with E-state index >= 15 is 0 Å². The zero-order chi connectivity index (χ0) is 24.1. The molecule has 2 aromatic carbocycles. The van der Waals surface area contributed by atoms with E-state index in [2.05, 4.69) is 11.4 Å². The van der Waals surface area contributed by atoms with Crippen LogP contribution in [0, 0.1) is 11.3 Å². The lowest BCUT2D eigenvalue weighted by molar-refractivity contribution is -0.122. The van der Waals surface area contributed by atoms with Gasteiger partial charge in [-0.25, -0.2) is 4.79 Å². The van der Waals surface area contributed by atoms with Crippen molar-refractivity contribution >= 4 is 28.2 Å². The molecule has 7 heteroatoms. The number of benzene rings is 2. The number of nitrogens with zero attached hydrogens (tertiary/aromatic N) is 1. The maximum absolute atomic E-state index is 12.9. The van der Waals surface area contributed by atoms with Crippen LogP contribution in [0.2, 0.25) is 0 Å². The number of anilines is 1. The number of ether oxygens (including phenoxy) is 2. The van der Waals surface area contributed by atoms with E-state index in [1.54, 1.807) is 26.0 Å². The van der Waals surface area contributed by atoms with Gasteiger partial charge < -0.3 is 14.8 Å². The summed E-state index contributed by atoms with van der Waals surface area (Å²) in [5, 5.41) is 13.5. The summed E-state index contributed by atoms with van der Waals surface area (Å²) in [6, 6.07) is 21.4. The smallest absolute Gasteiger partial charge is 0.341 e. The van der Waals surface area contributed by atoms with Gasteiger partial charge in [0.05, 0.1) is 23.7 Å². The Morgan fingerprint density at radius 3 is 2.47 bits per heavy atom. The molecule has 0 saturated carbocycles. The van der Waals surface area contributed by atoms with Crippen LogP contribution in [0.3, 0.4) is 0 Å². The third kappa shape index (κ3) is 4.68. The summed E-state index contributed by atoms with van der Waals surface area (Å²) in [6.45, 7) is 3.65. The maximum Gasteiger partial charge on any atom is 0.341 e. The first-order valence-corrected chi connectivity index (χ1v) is 12.1. The predicted octanol–water partition coefficient (Wildman–Crippen LogP) is 5.28. The number of nitriles is 1. The maximum atomic E-state index is 12.9. The minimum Gasteiger partial charge on any atom is -0.481 e. The van der Waals surface area contributed by atoms with Crippen LogP contribution < -0.4 is 10.1 Å². The fraction of sp³-hybridized carbons (Fsp3) is 0.296. The number of carbonyl (C=O) groups excluding carboxylic acids is 2. The fourth-order valence-corrected chi connectivity index (χ4v) is 5.61. The molecule has 0 radical (unpaired) electrons. The van der Waals surface area contributed by atoms with Crippen LogP contribution >= 0.6 is 11.3 Å². The van der Waals surface area contributed by atoms with Crippen LogP contribution in [0.25, 0.3) is 0 Å². The molecule has 1 N–H and O–H groups in total. The summed E-state index contributed by atoms with van der Waals surface area (Å²) in [5.74, 6) is -0.235. The molecule has 34 heavy (non-hydrogen) atoms. The molecule has 0 saturated heterocycles. The molecule has 0 aliphatic heterocycles. The average Bonchev–Trinajstić information content (AvgIpc) is 3.21. The standard InChI is InChI=1S/C27H26N2O4S/c1-3-32-26(31)23-21-14-15-27(17-28,19-10-6-4-7-11-19)16-22(21)34-25(23)29-24(30)18(2)33-20-12-8-5-9-13-20/h4-13,18H,3,14-16H2,1-2H3,(H,29,30)/t18-,27+/m1/s1.